The van der Waals surface area contributed by atoms with E-state index in [0.717, 1.165) is 32.1 Å². The lowest BCUT2D eigenvalue weighted by Crippen LogP contribution is -2.49. The van der Waals surface area contributed by atoms with E-state index in [0.29, 0.717) is 61.1 Å². The van der Waals surface area contributed by atoms with Gasteiger partial charge in [-0.05, 0) is 76.2 Å². The Morgan fingerprint density at radius 1 is 1.18 bits per heavy atom. The van der Waals surface area contributed by atoms with Crippen molar-refractivity contribution in [1.82, 2.24) is 10.6 Å². The molecule has 0 aromatic heterocycles. The highest BCUT2D eigenvalue weighted by molar-refractivity contribution is 5.80. The fraction of sp³-hybridized carbons (Fsp3) is 0.690. The molecule has 0 heterocycles. The first-order valence-corrected chi connectivity index (χ1v) is 13.9. The summed E-state index contributed by atoms with van der Waals surface area (Å²) in [6.07, 6.45) is 5.78. The van der Waals surface area contributed by atoms with Crippen LogP contribution >= 0.6 is 0 Å². The third-order valence-corrected chi connectivity index (χ3v) is 8.99. The molecule has 0 aliphatic heterocycles. The molecule has 3 aliphatic rings. The van der Waals surface area contributed by atoms with Gasteiger partial charge < -0.3 is 25.0 Å². The minimum Gasteiger partial charge on any atom is -0.496 e. The average molecular weight is 528 g/mol. The highest BCUT2D eigenvalue weighted by Gasteiger charge is 2.51. The van der Waals surface area contributed by atoms with Crippen LogP contribution in [0.1, 0.15) is 89.0 Å². The Morgan fingerprint density at radius 2 is 1.89 bits per heavy atom. The molecule has 1 aromatic carbocycles. The smallest absolute Gasteiger partial charge is 0.309 e. The molecule has 2 bridgehead atoms. The summed E-state index contributed by atoms with van der Waals surface area (Å²) in [6, 6.07) is 5.20. The number of nitriles is 1. The number of carbonyl (C=O) groups is 2. The van der Waals surface area contributed by atoms with Crippen LogP contribution < -0.4 is 20.1 Å². The third kappa shape index (κ3) is 5.76. The van der Waals surface area contributed by atoms with E-state index in [4.69, 9.17) is 9.47 Å². The molecule has 1 unspecified atom stereocenters. The van der Waals surface area contributed by atoms with Gasteiger partial charge in [-0.2, -0.15) is 5.26 Å². The first-order chi connectivity index (χ1) is 18.2. The second-order valence-electron chi connectivity index (χ2n) is 11.5. The van der Waals surface area contributed by atoms with Crippen molar-refractivity contribution >= 4 is 11.9 Å². The van der Waals surface area contributed by atoms with E-state index in [1.165, 1.54) is 7.11 Å². The van der Waals surface area contributed by atoms with Crippen molar-refractivity contribution in [2.24, 2.45) is 23.2 Å². The normalized spacial score (nSPS) is 30.9. The molecular formula is C29H41N3O6. The van der Waals surface area contributed by atoms with Crippen LogP contribution in [0.15, 0.2) is 12.1 Å². The standard InChI is InChI=1S/C29H41N3O6/c1-4-5-12-31-27(34)24-17-6-7-18(13-17)25(24)32-26(33)21-15-22(19(16-30)14-23(21)37-3)38-20-8-10-29(2,11-9-20)28(35)36/h14-15,17-18,20,24-26,32-33H,4-13H2,1-3H3,(H,31,34)(H,35,36)/t17-,18+,20?,24+,25-,26?,29?/m1/s1. The Labute approximate surface area is 224 Å². The van der Waals surface area contributed by atoms with Crippen LogP contribution in [0.3, 0.4) is 0 Å². The average Bonchev–Trinajstić information content (AvgIpc) is 3.52. The van der Waals surface area contributed by atoms with Gasteiger partial charge in [-0.15, -0.1) is 0 Å². The second kappa shape index (κ2) is 11.9. The Hall–Kier alpha value is -2.83. The highest BCUT2D eigenvalue weighted by Crippen LogP contribution is 2.49. The highest BCUT2D eigenvalue weighted by atomic mass is 16.5. The zero-order valence-electron chi connectivity index (χ0n) is 22.7. The number of carboxylic acids is 1. The molecule has 1 aromatic rings. The predicted octanol–water partition coefficient (Wildman–Crippen LogP) is 3.89. The Kier molecular flexibility index (Phi) is 8.84. The molecule has 3 aliphatic carbocycles. The molecule has 9 heteroatoms. The van der Waals surface area contributed by atoms with Crippen LogP contribution in [-0.2, 0) is 9.59 Å². The van der Waals surface area contributed by atoms with Gasteiger partial charge in [0.15, 0.2) is 0 Å². The molecule has 1 amide bonds. The first kappa shape index (κ1) is 28.2. The summed E-state index contributed by atoms with van der Waals surface area (Å²) in [5, 5.41) is 37.0. The molecule has 0 radical (unpaired) electrons. The Bertz CT molecular complexity index is 1060. The number of fused-ring (bicyclic) bond motifs is 2. The molecule has 3 saturated carbocycles. The maximum Gasteiger partial charge on any atom is 0.309 e. The summed E-state index contributed by atoms with van der Waals surface area (Å²) >= 11 is 0. The van der Waals surface area contributed by atoms with Gasteiger partial charge in [-0.3, -0.25) is 14.9 Å². The minimum absolute atomic E-state index is 0.0526. The zero-order valence-corrected chi connectivity index (χ0v) is 22.7. The molecule has 208 valence electrons. The van der Waals surface area contributed by atoms with Crippen LogP contribution in [0.5, 0.6) is 11.5 Å². The number of aliphatic hydroxyl groups is 1. The van der Waals surface area contributed by atoms with Crippen molar-refractivity contribution in [2.75, 3.05) is 13.7 Å². The van der Waals surface area contributed by atoms with E-state index >= 15 is 0 Å². The van der Waals surface area contributed by atoms with Gasteiger partial charge in [0.05, 0.1) is 30.1 Å². The van der Waals surface area contributed by atoms with Crippen molar-refractivity contribution in [1.29, 1.82) is 5.26 Å². The van der Waals surface area contributed by atoms with Gasteiger partial charge in [-0.25, -0.2) is 0 Å². The van der Waals surface area contributed by atoms with Crippen molar-refractivity contribution in [3.8, 4) is 17.6 Å². The number of nitrogens with one attached hydrogen (secondary N) is 2. The number of aliphatic hydroxyl groups excluding tert-OH is 1. The molecular weight excluding hydrogens is 486 g/mol. The van der Waals surface area contributed by atoms with Gasteiger partial charge in [0.25, 0.3) is 0 Å². The number of methoxy groups -OCH3 is 1. The maximum absolute atomic E-state index is 13.1. The quantitative estimate of drug-likeness (QED) is 0.251. The molecule has 3 fully saturated rings. The zero-order chi connectivity index (χ0) is 27.4. The number of hydrogen-bond donors (Lipinski definition) is 4. The lowest BCUT2D eigenvalue weighted by molar-refractivity contribution is -0.150. The summed E-state index contributed by atoms with van der Waals surface area (Å²) < 4.78 is 11.7. The van der Waals surface area contributed by atoms with Gasteiger partial charge in [0, 0.05) is 24.2 Å². The fourth-order valence-electron chi connectivity index (χ4n) is 6.58. The SMILES string of the molecule is CCCCNC(=O)[C@H]1[C@@H]2CC[C@@H](C2)[C@H]1NC(O)c1cc(OC2CCC(C)(C(=O)O)CC2)c(C#N)cc1OC. The first-order valence-electron chi connectivity index (χ1n) is 13.9. The van der Waals surface area contributed by atoms with Crippen LogP contribution in [0, 0.1) is 34.5 Å². The molecule has 0 spiro atoms. The van der Waals surface area contributed by atoms with E-state index in [1.54, 1.807) is 19.1 Å². The third-order valence-electron chi connectivity index (χ3n) is 8.99. The minimum atomic E-state index is -1.11. The van der Waals surface area contributed by atoms with Crippen molar-refractivity contribution in [3.05, 3.63) is 23.3 Å². The van der Waals surface area contributed by atoms with Gasteiger partial charge in [-0.1, -0.05) is 13.3 Å². The van der Waals surface area contributed by atoms with E-state index in [1.807, 2.05) is 0 Å². The number of carboxylic acid groups (broad SMARTS) is 1. The number of carbonyl (C=O) groups excluding carboxylic acids is 1. The van der Waals surface area contributed by atoms with Crippen LogP contribution in [0.4, 0.5) is 0 Å². The molecule has 4 rings (SSSR count). The van der Waals surface area contributed by atoms with Crippen molar-refractivity contribution < 1.29 is 29.3 Å². The second-order valence-corrected chi connectivity index (χ2v) is 11.5. The van der Waals surface area contributed by atoms with E-state index < -0.39 is 17.6 Å². The Balaban J connectivity index is 1.51. The van der Waals surface area contributed by atoms with Crippen LogP contribution in [-0.4, -0.2) is 47.9 Å². The molecule has 0 saturated heterocycles. The number of aliphatic carboxylic acids is 1. The predicted molar refractivity (Wildman–Crippen MR) is 140 cm³/mol. The van der Waals surface area contributed by atoms with Gasteiger partial charge >= 0.3 is 5.97 Å². The number of hydrogen-bond acceptors (Lipinski definition) is 7. The summed E-state index contributed by atoms with van der Waals surface area (Å²) in [5.41, 5.74) is -0.0265. The Morgan fingerprint density at radius 3 is 2.53 bits per heavy atom. The van der Waals surface area contributed by atoms with E-state index in [-0.39, 0.29) is 29.5 Å². The topological polar surface area (TPSA) is 141 Å². The number of rotatable bonds is 11. The number of ether oxygens (including phenoxy) is 2. The van der Waals surface area contributed by atoms with E-state index in [9.17, 15) is 25.1 Å². The van der Waals surface area contributed by atoms with E-state index in [2.05, 4.69) is 23.6 Å². The fourth-order valence-corrected chi connectivity index (χ4v) is 6.58. The monoisotopic (exact) mass is 527 g/mol. The van der Waals surface area contributed by atoms with Crippen molar-refractivity contribution in [3.63, 3.8) is 0 Å². The van der Waals surface area contributed by atoms with Crippen LogP contribution in [0.25, 0.3) is 0 Å². The van der Waals surface area contributed by atoms with Gasteiger partial charge in [0.2, 0.25) is 5.91 Å². The summed E-state index contributed by atoms with van der Waals surface area (Å²) in [4.78, 5) is 24.7. The number of nitrogens with zero attached hydrogens (tertiary/aromatic N) is 1. The lowest BCUT2D eigenvalue weighted by Gasteiger charge is -2.34. The van der Waals surface area contributed by atoms with Crippen molar-refractivity contribution in [2.45, 2.75) is 90.0 Å². The van der Waals surface area contributed by atoms with Gasteiger partial charge in [0.1, 0.15) is 23.8 Å². The molecule has 4 N–H and O–H groups in total. The number of amides is 1. The molecule has 38 heavy (non-hydrogen) atoms. The molecule has 9 nitrogen and oxygen atoms in total. The summed E-state index contributed by atoms with van der Waals surface area (Å²) in [6.45, 7) is 4.51. The number of unbranched alkanes of at least 4 members (excludes halogenated alkanes) is 1. The summed E-state index contributed by atoms with van der Waals surface area (Å²) in [7, 11) is 1.49. The molecule has 5 atom stereocenters. The lowest BCUT2D eigenvalue weighted by atomic mass is 9.75. The number of benzene rings is 1. The van der Waals surface area contributed by atoms with Crippen LogP contribution in [0.2, 0.25) is 0 Å². The summed E-state index contributed by atoms with van der Waals surface area (Å²) in [5.74, 6) is 0.409. The largest absolute Gasteiger partial charge is 0.496 e. The maximum atomic E-state index is 13.1.